The van der Waals surface area contributed by atoms with E-state index in [-0.39, 0.29) is 32.0 Å². The molecule has 1 aliphatic heterocycles. The Balaban J connectivity index is 1.84. The lowest BCUT2D eigenvalue weighted by molar-refractivity contribution is -0.384. The molecule has 1 aliphatic rings. The second-order valence-corrected chi connectivity index (χ2v) is 8.21. The van der Waals surface area contributed by atoms with Crippen LogP contribution in [0.2, 0.25) is 5.02 Å². The lowest BCUT2D eigenvalue weighted by atomic mass is 10.1. The Morgan fingerprint density at radius 1 is 1.37 bits per heavy atom. The molecule has 0 spiro atoms. The van der Waals surface area contributed by atoms with E-state index >= 15 is 0 Å². The maximum absolute atomic E-state index is 14.2. The number of carbonyl (C=O) groups excluding carboxylic acids is 1. The highest BCUT2D eigenvalue weighted by Crippen LogP contribution is 2.32. The second-order valence-electron chi connectivity index (χ2n) is 5.86. The first kappa shape index (κ1) is 21.9. The van der Waals surface area contributed by atoms with Crippen molar-refractivity contribution in [1.29, 1.82) is 0 Å². The number of nitrogens with zero attached hydrogens (tertiary/aromatic N) is 2. The van der Waals surface area contributed by atoms with Gasteiger partial charge in [0.05, 0.1) is 15.5 Å². The van der Waals surface area contributed by atoms with Crippen molar-refractivity contribution in [2.24, 2.45) is 4.99 Å². The van der Waals surface area contributed by atoms with Gasteiger partial charge < -0.3 is 10.4 Å². The molecule has 0 radical (unpaired) electrons. The molecule has 1 fully saturated rings. The molecule has 1 unspecified atom stereocenters. The number of thioether (sulfide) groups is 1. The van der Waals surface area contributed by atoms with Gasteiger partial charge in [0.1, 0.15) is 15.7 Å². The second kappa shape index (κ2) is 8.94. The van der Waals surface area contributed by atoms with Crippen molar-refractivity contribution < 1.29 is 24.0 Å². The van der Waals surface area contributed by atoms with Crippen LogP contribution in [0, 0.1) is 15.9 Å². The molecule has 0 aromatic heterocycles. The largest absolute Gasteiger partial charge is 0.480 e. The van der Waals surface area contributed by atoms with Crippen LogP contribution in [0.4, 0.5) is 15.8 Å². The van der Waals surface area contributed by atoms with Gasteiger partial charge in [0, 0.05) is 11.6 Å². The Kier molecular flexibility index (Phi) is 6.54. The van der Waals surface area contributed by atoms with E-state index in [0.29, 0.717) is 5.56 Å². The normalized spacial score (nSPS) is 17.2. The number of nitrogens with one attached hydrogen (secondary N) is 1. The van der Waals surface area contributed by atoms with E-state index in [1.165, 1.54) is 36.4 Å². The summed E-state index contributed by atoms with van der Waals surface area (Å²) in [7, 11) is 0. The molecule has 0 bridgehead atoms. The van der Waals surface area contributed by atoms with E-state index in [1.54, 1.807) is 0 Å². The van der Waals surface area contributed by atoms with E-state index < -0.39 is 27.4 Å². The molecule has 2 N–H and O–H groups in total. The molecule has 1 saturated heterocycles. The number of carbonyl (C=O) groups is 2. The average molecular weight is 515 g/mol. The van der Waals surface area contributed by atoms with Crippen molar-refractivity contribution in [3.8, 4) is 0 Å². The number of nitro groups is 1. The van der Waals surface area contributed by atoms with Crippen molar-refractivity contribution in [3.05, 3.63) is 73.4 Å². The number of hydrogen-bond acceptors (Lipinski definition) is 6. The SMILES string of the molecule is O=C1NC(=Nc2ccc(C(Br)C(=O)O)c(F)c2)SC1=Cc1ccc(Cl)c([N+](=O)[O-])c1. The number of alkyl halides is 1. The van der Waals surface area contributed by atoms with E-state index in [9.17, 15) is 24.1 Å². The molecule has 0 aliphatic carbocycles. The molecule has 0 saturated carbocycles. The number of carboxylic acid groups (broad SMARTS) is 1. The van der Waals surface area contributed by atoms with Gasteiger partial charge >= 0.3 is 5.97 Å². The van der Waals surface area contributed by atoms with Gasteiger partial charge in [-0.1, -0.05) is 39.7 Å². The summed E-state index contributed by atoms with van der Waals surface area (Å²) in [6.07, 6.45) is 1.44. The van der Waals surface area contributed by atoms with E-state index in [4.69, 9.17) is 16.7 Å². The number of halogens is 3. The lowest BCUT2D eigenvalue weighted by Crippen LogP contribution is -2.19. The van der Waals surface area contributed by atoms with Crippen LogP contribution in [0.15, 0.2) is 46.3 Å². The first-order chi connectivity index (χ1) is 14.2. The van der Waals surface area contributed by atoms with Gasteiger partial charge in [-0.3, -0.25) is 19.7 Å². The van der Waals surface area contributed by atoms with Crippen LogP contribution in [-0.2, 0) is 9.59 Å². The smallest absolute Gasteiger partial charge is 0.321 e. The molecule has 2 aromatic rings. The molecule has 12 heteroatoms. The van der Waals surface area contributed by atoms with E-state index in [0.717, 1.165) is 17.8 Å². The summed E-state index contributed by atoms with van der Waals surface area (Å²) < 4.78 is 14.2. The van der Waals surface area contributed by atoms with Crippen LogP contribution < -0.4 is 5.32 Å². The highest BCUT2D eigenvalue weighted by molar-refractivity contribution is 9.09. The molecule has 8 nitrogen and oxygen atoms in total. The minimum atomic E-state index is -1.23. The number of amidine groups is 1. The van der Waals surface area contributed by atoms with Gasteiger partial charge in [0.25, 0.3) is 11.6 Å². The average Bonchev–Trinajstić information content (AvgIpc) is 3.01. The summed E-state index contributed by atoms with van der Waals surface area (Å²) in [5.41, 5.74) is 0.231. The zero-order chi connectivity index (χ0) is 22.0. The van der Waals surface area contributed by atoms with Crippen LogP contribution in [0.3, 0.4) is 0 Å². The number of aliphatic imine (C=N–C) groups is 1. The highest BCUT2D eigenvalue weighted by atomic mass is 79.9. The maximum atomic E-state index is 14.2. The van der Waals surface area contributed by atoms with Crippen molar-refractivity contribution in [2.75, 3.05) is 0 Å². The maximum Gasteiger partial charge on any atom is 0.321 e. The number of amides is 1. The summed E-state index contributed by atoms with van der Waals surface area (Å²) in [5, 5.41) is 22.6. The number of benzene rings is 2. The monoisotopic (exact) mass is 513 g/mol. The van der Waals surface area contributed by atoms with Crippen LogP contribution >= 0.6 is 39.3 Å². The summed E-state index contributed by atoms with van der Waals surface area (Å²) in [4.78, 5) is 36.7. The van der Waals surface area contributed by atoms with Crippen LogP contribution in [-0.4, -0.2) is 27.1 Å². The first-order valence-electron chi connectivity index (χ1n) is 8.05. The Labute approximate surface area is 186 Å². The number of aliphatic carboxylic acids is 1. The van der Waals surface area contributed by atoms with Gasteiger partial charge in [-0.05, 0) is 41.6 Å². The molecule has 3 rings (SSSR count). The topological polar surface area (TPSA) is 122 Å². The fraction of sp³-hybridized carbons (Fsp3) is 0.0556. The molecular formula is C18H10BrClFN3O5S. The van der Waals surface area contributed by atoms with Crippen molar-refractivity contribution >= 4 is 73.8 Å². The molecule has 2 aromatic carbocycles. The van der Waals surface area contributed by atoms with Crippen LogP contribution in [0.25, 0.3) is 6.08 Å². The third-order valence-electron chi connectivity index (χ3n) is 3.82. The summed E-state index contributed by atoms with van der Waals surface area (Å²) in [5.74, 6) is -2.47. The third-order valence-corrected chi connectivity index (χ3v) is 5.93. The molecule has 1 heterocycles. The van der Waals surface area contributed by atoms with Gasteiger partial charge in [0.15, 0.2) is 5.17 Å². The fourth-order valence-corrected chi connectivity index (χ4v) is 3.83. The minimum Gasteiger partial charge on any atom is -0.480 e. The fourth-order valence-electron chi connectivity index (χ4n) is 2.43. The predicted octanol–water partition coefficient (Wildman–Crippen LogP) is 4.80. The van der Waals surface area contributed by atoms with Gasteiger partial charge in [-0.25, -0.2) is 9.38 Å². The minimum absolute atomic E-state index is 0.0213. The highest BCUT2D eigenvalue weighted by Gasteiger charge is 2.25. The van der Waals surface area contributed by atoms with Gasteiger partial charge in [-0.15, -0.1) is 0 Å². The predicted molar refractivity (Wildman–Crippen MR) is 115 cm³/mol. The third kappa shape index (κ3) is 4.86. The van der Waals surface area contributed by atoms with Crippen molar-refractivity contribution in [2.45, 2.75) is 4.83 Å². The van der Waals surface area contributed by atoms with E-state index in [2.05, 4.69) is 26.2 Å². The zero-order valence-corrected chi connectivity index (χ0v) is 17.8. The molecule has 154 valence electrons. The summed E-state index contributed by atoms with van der Waals surface area (Å²) >= 11 is 9.63. The number of rotatable bonds is 5. The number of hydrogen-bond donors (Lipinski definition) is 2. The summed E-state index contributed by atoms with van der Waals surface area (Å²) in [6.45, 7) is 0. The van der Waals surface area contributed by atoms with Crippen LogP contribution in [0.1, 0.15) is 16.0 Å². The van der Waals surface area contributed by atoms with Crippen molar-refractivity contribution in [1.82, 2.24) is 5.32 Å². The Bertz CT molecular complexity index is 1140. The van der Waals surface area contributed by atoms with Crippen LogP contribution in [0.5, 0.6) is 0 Å². The number of carboxylic acids is 1. The lowest BCUT2D eigenvalue weighted by Gasteiger charge is -2.07. The molecule has 30 heavy (non-hydrogen) atoms. The molecular weight excluding hydrogens is 505 g/mol. The molecule has 1 amide bonds. The Hall–Kier alpha value is -2.76. The quantitative estimate of drug-likeness (QED) is 0.256. The molecule has 1 atom stereocenters. The first-order valence-corrected chi connectivity index (χ1v) is 10.2. The van der Waals surface area contributed by atoms with Gasteiger partial charge in [0.2, 0.25) is 0 Å². The summed E-state index contributed by atoms with van der Waals surface area (Å²) in [6, 6.07) is 7.88. The Morgan fingerprint density at radius 2 is 2.10 bits per heavy atom. The zero-order valence-electron chi connectivity index (χ0n) is 14.6. The van der Waals surface area contributed by atoms with Gasteiger partial charge in [-0.2, -0.15) is 0 Å². The standard InChI is InChI=1S/C18H10BrClFN3O5S/c19-15(17(26)27)10-3-2-9(7-12(10)21)22-18-23-16(25)14(30-18)6-8-1-4-11(20)13(5-8)24(28)29/h1-7,15H,(H,26,27)(H,22,23,25). The van der Waals surface area contributed by atoms with Crippen molar-refractivity contribution in [3.63, 3.8) is 0 Å². The number of nitro benzene ring substituents is 1. The van der Waals surface area contributed by atoms with E-state index in [1.807, 2.05) is 0 Å². The Morgan fingerprint density at radius 3 is 2.73 bits per heavy atom.